The third-order valence-corrected chi connectivity index (χ3v) is 4.94. The van der Waals surface area contributed by atoms with E-state index in [2.05, 4.69) is 5.16 Å². The van der Waals surface area contributed by atoms with Crippen LogP contribution in [0.15, 0.2) is 47.6 Å². The number of methoxy groups -OCH3 is 2. The second-order valence-corrected chi connectivity index (χ2v) is 7.54. The Morgan fingerprint density at radius 2 is 1.97 bits per heavy atom. The lowest BCUT2D eigenvalue weighted by molar-refractivity contribution is -0.137. The first-order valence-electron chi connectivity index (χ1n) is 9.89. The predicted octanol–water partition coefficient (Wildman–Crippen LogP) is 4.02. The van der Waals surface area contributed by atoms with Crippen LogP contribution in [0.4, 0.5) is 4.39 Å². The van der Waals surface area contributed by atoms with Gasteiger partial charge in [0.2, 0.25) is 5.91 Å². The molecule has 0 spiro atoms. The highest BCUT2D eigenvalue weighted by atomic mass is 19.1. The van der Waals surface area contributed by atoms with Crippen molar-refractivity contribution in [2.45, 2.75) is 32.9 Å². The molecule has 0 aliphatic carbocycles. The summed E-state index contributed by atoms with van der Waals surface area (Å²) in [5, 5.41) is 4.22. The molecule has 0 aromatic heterocycles. The van der Waals surface area contributed by atoms with Gasteiger partial charge in [0.25, 0.3) is 0 Å². The maximum Gasteiger partial charge on any atom is 0.225 e. The molecule has 2 aromatic rings. The fraction of sp³-hybridized carbons (Fsp3) is 0.391. The molecule has 7 heteroatoms. The standard InChI is InChI=1S/C23H27FN2O4/c1-15(2)23(27)26(13-16-6-5-7-18(24)10-16)14-19-12-20(25-30-19)17-8-9-21(28-3)22(11-17)29-4/h5-11,15,19H,12-14H2,1-4H3/t19-/m0/s1. The molecular weight excluding hydrogens is 387 g/mol. The lowest BCUT2D eigenvalue weighted by Crippen LogP contribution is -2.39. The minimum atomic E-state index is -0.319. The lowest BCUT2D eigenvalue weighted by Gasteiger charge is -2.26. The van der Waals surface area contributed by atoms with Crippen LogP contribution in [-0.2, 0) is 16.2 Å². The van der Waals surface area contributed by atoms with Gasteiger partial charge in [-0.2, -0.15) is 0 Å². The predicted molar refractivity (Wildman–Crippen MR) is 112 cm³/mol. The van der Waals surface area contributed by atoms with Gasteiger partial charge in [0.15, 0.2) is 17.6 Å². The van der Waals surface area contributed by atoms with E-state index in [4.69, 9.17) is 14.3 Å². The van der Waals surface area contributed by atoms with Gasteiger partial charge in [-0.3, -0.25) is 4.79 Å². The molecule has 30 heavy (non-hydrogen) atoms. The number of ether oxygens (including phenoxy) is 2. The summed E-state index contributed by atoms with van der Waals surface area (Å²) < 4.78 is 24.2. The number of oxime groups is 1. The summed E-state index contributed by atoms with van der Waals surface area (Å²) in [4.78, 5) is 20.1. The number of amides is 1. The van der Waals surface area contributed by atoms with Gasteiger partial charge in [-0.1, -0.05) is 31.1 Å². The largest absolute Gasteiger partial charge is 0.493 e. The Morgan fingerprint density at radius 1 is 1.20 bits per heavy atom. The zero-order valence-electron chi connectivity index (χ0n) is 17.7. The Bertz CT molecular complexity index is 929. The second-order valence-electron chi connectivity index (χ2n) is 7.54. The highest BCUT2D eigenvalue weighted by molar-refractivity contribution is 6.01. The first-order chi connectivity index (χ1) is 14.4. The van der Waals surface area contributed by atoms with E-state index in [0.717, 1.165) is 16.8 Å². The summed E-state index contributed by atoms with van der Waals surface area (Å²) >= 11 is 0. The smallest absolute Gasteiger partial charge is 0.225 e. The molecule has 0 fully saturated rings. The van der Waals surface area contributed by atoms with Crippen molar-refractivity contribution in [2.24, 2.45) is 11.1 Å². The van der Waals surface area contributed by atoms with Crippen molar-refractivity contribution in [1.82, 2.24) is 4.90 Å². The van der Waals surface area contributed by atoms with Gasteiger partial charge in [0.1, 0.15) is 5.82 Å². The third kappa shape index (κ3) is 5.09. The van der Waals surface area contributed by atoms with E-state index < -0.39 is 0 Å². The molecule has 3 rings (SSSR count). The highest BCUT2D eigenvalue weighted by Crippen LogP contribution is 2.29. The number of hydrogen-bond acceptors (Lipinski definition) is 5. The van der Waals surface area contributed by atoms with E-state index in [1.165, 1.54) is 12.1 Å². The Kier molecular flexibility index (Phi) is 6.92. The van der Waals surface area contributed by atoms with Crippen molar-refractivity contribution in [3.05, 3.63) is 59.4 Å². The van der Waals surface area contributed by atoms with Crippen LogP contribution in [-0.4, -0.2) is 43.4 Å². The van der Waals surface area contributed by atoms with Crippen LogP contribution >= 0.6 is 0 Å². The average molecular weight is 414 g/mol. The van der Waals surface area contributed by atoms with Crippen LogP contribution in [0.1, 0.15) is 31.4 Å². The maximum atomic E-state index is 13.6. The molecule has 1 heterocycles. The molecule has 160 valence electrons. The Labute approximate surface area is 176 Å². The molecule has 2 aromatic carbocycles. The quantitative estimate of drug-likeness (QED) is 0.655. The first-order valence-corrected chi connectivity index (χ1v) is 9.89. The zero-order valence-corrected chi connectivity index (χ0v) is 17.7. The Balaban J connectivity index is 1.70. The number of carbonyl (C=O) groups is 1. The number of halogens is 1. The fourth-order valence-electron chi connectivity index (χ4n) is 3.41. The van der Waals surface area contributed by atoms with Crippen LogP contribution in [0.5, 0.6) is 11.5 Å². The van der Waals surface area contributed by atoms with Crippen LogP contribution < -0.4 is 9.47 Å². The zero-order chi connectivity index (χ0) is 21.7. The van der Waals surface area contributed by atoms with Gasteiger partial charge < -0.3 is 19.2 Å². The van der Waals surface area contributed by atoms with Crippen molar-refractivity contribution in [3.63, 3.8) is 0 Å². The van der Waals surface area contributed by atoms with E-state index in [-0.39, 0.29) is 23.7 Å². The van der Waals surface area contributed by atoms with Crippen LogP contribution in [0.25, 0.3) is 0 Å². The molecule has 0 N–H and O–H groups in total. The Morgan fingerprint density at radius 3 is 2.63 bits per heavy atom. The molecule has 1 aliphatic heterocycles. The maximum absolute atomic E-state index is 13.6. The molecule has 1 amide bonds. The minimum Gasteiger partial charge on any atom is -0.493 e. The van der Waals surface area contributed by atoms with Crippen LogP contribution in [0.2, 0.25) is 0 Å². The molecule has 0 radical (unpaired) electrons. The van der Waals surface area contributed by atoms with Crippen molar-refractivity contribution in [3.8, 4) is 11.5 Å². The monoisotopic (exact) mass is 414 g/mol. The number of carbonyl (C=O) groups excluding carboxylic acids is 1. The van der Waals surface area contributed by atoms with Crippen molar-refractivity contribution in [2.75, 3.05) is 20.8 Å². The van der Waals surface area contributed by atoms with E-state index in [9.17, 15) is 9.18 Å². The lowest BCUT2D eigenvalue weighted by atomic mass is 10.0. The van der Waals surface area contributed by atoms with Gasteiger partial charge in [-0.25, -0.2) is 4.39 Å². The summed E-state index contributed by atoms with van der Waals surface area (Å²) in [5.41, 5.74) is 2.40. The third-order valence-electron chi connectivity index (χ3n) is 4.94. The topological polar surface area (TPSA) is 60.4 Å². The van der Waals surface area contributed by atoms with Gasteiger partial charge in [-0.05, 0) is 35.9 Å². The summed E-state index contributed by atoms with van der Waals surface area (Å²) in [5.74, 6) is 0.749. The van der Waals surface area contributed by atoms with Crippen molar-refractivity contribution >= 4 is 11.6 Å². The Hall–Kier alpha value is -3.09. The fourth-order valence-corrected chi connectivity index (χ4v) is 3.41. The molecule has 0 saturated carbocycles. The van der Waals surface area contributed by atoms with E-state index in [1.54, 1.807) is 25.2 Å². The second kappa shape index (κ2) is 9.61. The summed E-state index contributed by atoms with van der Waals surface area (Å²) in [6.45, 7) is 4.39. The van der Waals surface area contributed by atoms with Gasteiger partial charge in [-0.15, -0.1) is 0 Å². The SMILES string of the molecule is COc1ccc(C2=NO[C@H](CN(Cc3cccc(F)c3)C(=O)C(C)C)C2)cc1OC. The van der Waals surface area contributed by atoms with E-state index in [0.29, 0.717) is 31.0 Å². The number of benzene rings is 2. The number of hydrogen-bond donors (Lipinski definition) is 0. The molecule has 0 unspecified atom stereocenters. The number of nitrogens with zero attached hydrogens (tertiary/aromatic N) is 2. The summed E-state index contributed by atoms with van der Waals surface area (Å²) in [7, 11) is 3.17. The minimum absolute atomic E-state index is 0.0116. The summed E-state index contributed by atoms with van der Waals surface area (Å²) in [6.07, 6.45) is 0.282. The molecule has 1 atom stereocenters. The van der Waals surface area contributed by atoms with Crippen molar-refractivity contribution in [1.29, 1.82) is 0 Å². The van der Waals surface area contributed by atoms with Crippen LogP contribution in [0.3, 0.4) is 0 Å². The van der Waals surface area contributed by atoms with E-state index >= 15 is 0 Å². The molecule has 1 aliphatic rings. The van der Waals surface area contributed by atoms with Gasteiger partial charge in [0.05, 0.1) is 26.5 Å². The normalized spacial score (nSPS) is 15.5. The van der Waals surface area contributed by atoms with Gasteiger partial charge >= 0.3 is 0 Å². The molecule has 0 saturated heterocycles. The van der Waals surface area contributed by atoms with Crippen LogP contribution in [0, 0.1) is 11.7 Å². The summed E-state index contributed by atoms with van der Waals surface area (Å²) in [6, 6.07) is 11.9. The van der Waals surface area contributed by atoms with Crippen molar-refractivity contribution < 1.29 is 23.5 Å². The molecule has 0 bridgehead atoms. The van der Waals surface area contributed by atoms with Gasteiger partial charge in [0, 0.05) is 24.4 Å². The molecule has 6 nitrogen and oxygen atoms in total. The number of rotatable bonds is 8. The highest BCUT2D eigenvalue weighted by Gasteiger charge is 2.28. The average Bonchev–Trinajstić information content (AvgIpc) is 3.20. The molecular formula is C23H27FN2O4. The van der Waals surface area contributed by atoms with E-state index in [1.807, 2.05) is 38.1 Å². The first kappa shape index (κ1) is 21.6.